The lowest BCUT2D eigenvalue weighted by atomic mass is 10.1. The molecule has 0 bridgehead atoms. The van der Waals surface area contributed by atoms with Gasteiger partial charge in [-0.15, -0.1) is 0 Å². The van der Waals surface area contributed by atoms with Crippen LogP contribution >= 0.6 is 0 Å². The lowest BCUT2D eigenvalue weighted by molar-refractivity contribution is 0.304. The van der Waals surface area contributed by atoms with Gasteiger partial charge in [0.25, 0.3) is 0 Å². The van der Waals surface area contributed by atoms with Gasteiger partial charge in [0.2, 0.25) is 5.88 Å². The summed E-state index contributed by atoms with van der Waals surface area (Å²) >= 11 is 0. The first-order valence-electron chi connectivity index (χ1n) is 6.68. The third-order valence-corrected chi connectivity index (χ3v) is 3.16. The Kier molecular flexibility index (Phi) is 4.75. The fraction of sp³-hybridized carbons (Fsp3) is 0.692. The summed E-state index contributed by atoms with van der Waals surface area (Å²) in [7, 11) is 2.00. The van der Waals surface area contributed by atoms with Crippen molar-refractivity contribution in [3.8, 4) is 5.88 Å². The first-order valence-corrected chi connectivity index (χ1v) is 6.68. The van der Waals surface area contributed by atoms with Crippen LogP contribution in [0.25, 0.3) is 0 Å². The molecule has 5 nitrogen and oxygen atoms in total. The van der Waals surface area contributed by atoms with E-state index in [0.29, 0.717) is 18.4 Å². The van der Waals surface area contributed by atoms with Gasteiger partial charge in [-0.2, -0.15) is 4.98 Å². The van der Waals surface area contributed by atoms with E-state index in [2.05, 4.69) is 27.1 Å². The van der Waals surface area contributed by atoms with E-state index in [0.717, 1.165) is 31.9 Å². The maximum Gasteiger partial charge on any atom is 0.234 e. The molecule has 0 radical (unpaired) electrons. The smallest absolute Gasteiger partial charge is 0.234 e. The van der Waals surface area contributed by atoms with Crippen molar-refractivity contribution >= 4 is 5.82 Å². The van der Waals surface area contributed by atoms with Crippen LogP contribution in [-0.2, 0) is 0 Å². The van der Waals surface area contributed by atoms with E-state index >= 15 is 0 Å². The van der Waals surface area contributed by atoms with Crippen LogP contribution in [0.4, 0.5) is 5.82 Å². The minimum atomic E-state index is 0.631. The molecule has 1 aromatic rings. The van der Waals surface area contributed by atoms with Crippen molar-refractivity contribution in [2.45, 2.75) is 19.8 Å². The molecule has 0 saturated carbocycles. The third-order valence-electron chi connectivity index (χ3n) is 3.16. The number of nitrogens with one attached hydrogen (secondary N) is 1. The van der Waals surface area contributed by atoms with E-state index in [4.69, 9.17) is 4.74 Å². The van der Waals surface area contributed by atoms with E-state index in [1.165, 1.54) is 6.42 Å². The van der Waals surface area contributed by atoms with Crippen LogP contribution in [0.2, 0.25) is 0 Å². The van der Waals surface area contributed by atoms with Crippen molar-refractivity contribution < 1.29 is 4.74 Å². The molecule has 1 saturated heterocycles. The Bertz CT molecular complexity index is 372. The molecule has 0 amide bonds. The average Bonchev–Trinajstić information content (AvgIpc) is 2.86. The van der Waals surface area contributed by atoms with Crippen LogP contribution in [0.15, 0.2) is 12.4 Å². The third kappa shape index (κ3) is 3.32. The van der Waals surface area contributed by atoms with E-state index in [-0.39, 0.29) is 0 Å². The fourth-order valence-corrected chi connectivity index (χ4v) is 2.26. The molecule has 1 atom stereocenters. The number of aromatic nitrogens is 2. The van der Waals surface area contributed by atoms with Gasteiger partial charge in [-0.25, -0.2) is 0 Å². The summed E-state index contributed by atoms with van der Waals surface area (Å²) in [6.07, 6.45) is 5.70. The second-order valence-corrected chi connectivity index (χ2v) is 4.72. The Hall–Kier alpha value is -1.36. The average molecular weight is 250 g/mol. The molecule has 1 unspecified atom stereocenters. The first kappa shape index (κ1) is 13.1. The topological polar surface area (TPSA) is 50.3 Å². The summed E-state index contributed by atoms with van der Waals surface area (Å²) < 4.78 is 5.52. The highest BCUT2D eigenvalue weighted by Gasteiger charge is 2.23. The van der Waals surface area contributed by atoms with E-state index in [9.17, 15) is 0 Å². The second kappa shape index (κ2) is 6.54. The van der Waals surface area contributed by atoms with Crippen LogP contribution in [0.1, 0.15) is 19.8 Å². The van der Waals surface area contributed by atoms with Crippen molar-refractivity contribution in [3.05, 3.63) is 12.4 Å². The SMILES string of the molecule is CCCOc1cncc(N2CCC(CNC)C2)n1. The second-order valence-electron chi connectivity index (χ2n) is 4.72. The molecule has 1 aliphatic heterocycles. The van der Waals surface area contributed by atoms with Gasteiger partial charge in [0.15, 0.2) is 5.82 Å². The molecule has 1 fully saturated rings. The van der Waals surface area contributed by atoms with Crippen molar-refractivity contribution in [1.82, 2.24) is 15.3 Å². The fourth-order valence-electron chi connectivity index (χ4n) is 2.26. The van der Waals surface area contributed by atoms with Gasteiger partial charge < -0.3 is 15.0 Å². The molecule has 0 spiro atoms. The summed E-state index contributed by atoms with van der Waals surface area (Å²) in [5.74, 6) is 2.27. The van der Waals surface area contributed by atoms with Crippen LogP contribution in [-0.4, -0.2) is 43.3 Å². The molecule has 2 rings (SSSR count). The zero-order chi connectivity index (χ0) is 12.8. The highest BCUT2D eigenvalue weighted by atomic mass is 16.5. The van der Waals surface area contributed by atoms with E-state index in [1.54, 1.807) is 6.20 Å². The summed E-state index contributed by atoms with van der Waals surface area (Å²) in [5, 5.41) is 3.23. The summed E-state index contributed by atoms with van der Waals surface area (Å²) in [5.41, 5.74) is 0. The van der Waals surface area contributed by atoms with Gasteiger partial charge in [0, 0.05) is 13.1 Å². The molecule has 1 aromatic heterocycles. The summed E-state index contributed by atoms with van der Waals surface area (Å²) in [6.45, 7) is 5.95. The summed E-state index contributed by atoms with van der Waals surface area (Å²) in [6, 6.07) is 0. The number of ether oxygens (including phenoxy) is 1. The van der Waals surface area contributed by atoms with Gasteiger partial charge in [-0.3, -0.25) is 4.98 Å². The lowest BCUT2D eigenvalue weighted by Crippen LogP contribution is -2.25. The van der Waals surface area contributed by atoms with Gasteiger partial charge in [0.05, 0.1) is 19.0 Å². The normalized spacial score (nSPS) is 19.2. The van der Waals surface area contributed by atoms with Gasteiger partial charge in [-0.1, -0.05) is 6.92 Å². The monoisotopic (exact) mass is 250 g/mol. The molecule has 0 aliphatic carbocycles. The number of hydrogen-bond acceptors (Lipinski definition) is 5. The van der Waals surface area contributed by atoms with Gasteiger partial charge in [-0.05, 0) is 32.4 Å². The largest absolute Gasteiger partial charge is 0.477 e. The van der Waals surface area contributed by atoms with Gasteiger partial charge in [0.1, 0.15) is 0 Å². The molecule has 18 heavy (non-hydrogen) atoms. The zero-order valence-electron chi connectivity index (χ0n) is 11.2. The van der Waals surface area contributed by atoms with Crippen LogP contribution in [0.3, 0.4) is 0 Å². The molecule has 1 aliphatic rings. The molecule has 1 N–H and O–H groups in total. The Morgan fingerprint density at radius 1 is 1.50 bits per heavy atom. The number of rotatable bonds is 6. The Balaban J connectivity index is 1.96. The van der Waals surface area contributed by atoms with Crippen molar-refractivity contribution in [1.29, 1.82) is 0 Å². The molecular formula is C13H22N4O. The van der Waals surface area contributed by atoms with E-state index < -0.39 is 0 Å². The van der Waals surface area contributed by atoms with Crippen LogP contribution in [0.5, 0.6) is 5.88 Å². The first-order chi connectivity index (χ1) is 8.83. The molecule has 2 heterocycles. The highest BCUT2D eigenvalue weighted by Crippen LogP contribution is 2.22. The number of anilines is 1. The zero-order valence-corrected chi connectivity index (χ0v) is 11.2. The lowest BCUT2D eigenvalue weighted by Gasteiger charge is -2.17. The van der Waals surface area contributed by atoms with Crippen molar-refractivity contribution in [2.75, 3.05) is 38.2 Å². The predicted molar refractivity (Wildman–Crippen MR) is 72.1 cm³/mol. The van der Waals surface area contributed by atoms with Gasteiger partial charge >= 0.3 is 0 Å². The predicted octanol–water partition coefficient (Wildman–Crippen LogP) is 1.31. The van der Waals surface area contributed by atoms with Crippen LogP contribution in [0, 0.1) is 5.92 Å². The number of hydrogen-bond donors (Lipinski definition) is 1. The van der Waals surface area contributed by atoms with E-state index in [1.807, 2.05) is 13.2 Å². The minimum absolute atomic E-state index is 0.631. The maximum absolute atomic E-state index is 5.52. The summed E-state index contributed by atoms with van der Waals surface area (Å²) in [4.78, 5) is 11.0. The molecule has 0 aromatic carbocycles. The quantitative estimate of drug-likeness (QED) is 0.825. The minimum Gasteiger partial charge on any atom is -0.477 e. The highest BCUT2D eigenvalue weighted by molar-refractivity contribution is 5.38. The Morgan fingerprint density at radius 2 is 2.39 bits per heavy atom. The standard InChI is InChI=1S/C13H22N4O/c1-3-6-18-13-9-15-8-12(16-13)17-5-4-11(10-17)7-14-2/h8-9,11,14H,3-7,10H2,1-2H3. The maximum atomic E-state index is 5.52. The molecular weight excluding hydrogens is 228 g/mol. The Morgan fingerprint density at radius 3 is 3.17 bits per heavy atom. The molecule has 100 valence electrons. The van der Waals surface area contributed by atoms with Crippen molar-refractivity contribution in [2.24, 2.45) is 5.92 Å². The Labute approximate surface area is 109 Å². The van der Waals surface area contributed by atoms with Crippen molar-refractivity contribution in [3.63, 3.8) is 0 Å². The van der Waals surface area contributed by atoms with Crippen LogP contribution < -0.4 is 15.0 Å². The molecule has 5 heteroatoms. The number of nitrogens with zero attached hydrogens (tertiary/aromatic N) is 3.